The van der Waals surface area contributed by atoms with Crippen LogP contribution < -0.4 is 0 Å². The topological polar surface area (TPSA) is 31.4 Å². The normalized spacial score (nSPS) is 17.6. The monoisotopic (exact) mass is 389 g/mol. The van der Waals surface area contributed by atoms with Crippen molar-refractivity contribution in [2.24, 2.45) is 10.9 Å². The minimum atomic E-state index is -0.142. The van der Waals surface area contributed by atoms with Gasteiger partial charge in [0.2, 0.25) is 0 Å². The lowest BCUT2D eigenvalue weighted by Gasteiger charge is -2.32. The summed E-state index contributed by atoms with van der Waals surface area (Å²) in [5.74, 6) is 0.586. The van der Waals surface area contributed by atoms with E-state index >= 15 is 0 Å². The maximum atomic E-state index is 13.1. The number of hydrogen-bond acceptors (Lipinski definition) is 2. The molecule has 3 heterocycles. The van der Waals surface area contributed by atoms with Crippen molar-refractivity contribution in [3.05, 3.63) is 71.2 Å². The molecular formula is C25H28FN3. The number of benzene rings is 2. The number of aromatic amines is 1. The molecule has 0 amide bonds. The second-order valence-electron chi connectivity index (χ2n) is 8.52. The average Bonchev–Trinajstić information content (AvgIpc) is 3.50. The lowest BCUT2D eigenvalue weighted by Crippen LogP contribution is -2.35. The summed E-state index contributed by atoms with van der Waals surface area (Å²) in [5, 5.41) is 1.38. The van der Waals surface area contributed by atoms with Gasteiger partial charge in [-0.25, -0.2) is 4.39 Å². The van der Waals surface area contributed by atoms with E-state index in [1.807, 2.05) is 12.1 Å². The Bertz CT molecular complexity index is 1010. The van der Waals surface area contributed by atoms with Crippen molar-refractivity contribution in [2.45, 2.75) is 32.1 Å². The van der Waals surface area contributed by atoms with Gasteiger partial charge in [0.05, 0.1) is 12.3 Å². The third kappa shape index (κ3) is 4.27. The van der Waals surface area contributed by atoms with Crippen LogP contribution in [0.15, 0.2) is 53.7 Å². The largest absolute Gasteiger partial charge is 0.360 e. The fraction of sp³-hybridized carbons (Fsp3) is 0.400. The zero-order valence-electron chi connectivity index (χ0n) is 16.8. The highest BCUT2D eigenvalue weighted by Crippen LogP contribution is 2.27. The van der Waals surface area contributed by atoms with Gasteiger partial charge < -0.3 is 9.88 Å². The summed E-state index contributed by atoms with van der Waals surface area (Å²) in [4.78, 5) is 10.4. The van der Waals surface area contributed by atoms with Gasteiger partial charge in [-0.15, -0.1) is 0 Å². The number of aryl methyl sites for hydroxylation is 1. The third-order valence-corrected chi connectivity index (χ3v) is 6.48. The van der Waals surface area contributed by atoms with E-state index in [0.29, 0.717) is 0 Å². The van der Waals surface area contributed by atoms with E-state index in [4.69, 9.17) is 0 Å². The van der Waals surface area contributed by atoms with Crippen molar-refractivity contribution in [3.8, 4) is 0 Å². The van der Waals surface area contributed by atoms with Crippen LogP contribution in [0.4, 0.5) is 4.39 Å². The van der Waals surface area contributed by atoms with E-state index in [2.05, 4.69) is 39.3 Å². The zero-order chi connectivity index (χ0) is 19.6. The number of fused-ring (bicyclic) bond motifs is 1. The van der Waals surface area contributed by atoms with E-state index in [-0.39, 0.29) is 5.82 Å². The molecule has 0 saturated carbocycles. The van der Waals surface area contributed by atoms with Crippen LogP contribution >= 0.6 is 0 Å². The van der Waals surface area contributed by atoms with E-state index in [0.717, 1.165) is 25.3 Å². The molecule has 2 aliphatic rings. The van der Waals surface area contributed by atoms with Crippen molar-refractivity contribution in [1.82, 2.24) is 9.88 Å². The number of H-pyrrole nitrogens is 1. The molecule has 29 heavy (non-hydrogen) atoms. The molecule has 0 radical (unpaired) electrons. The first-order chi connectivity index (χ1) is 14.3. The molecule has 1 fully saturated rings. The Morgan fingerprint density at radius 3 is 2.62 bits per heavy atom. The molecule has 0 aliphatic carbocycles. The summed E-state index contributed by atoms with van der Waals surface area (Å²) in [7, 11) is 0. The number of halogens is 1. The maximum absolute atomic E-state index is 13.1. The van der Waals surface area contributed by atoms with Crippen LogP contribution in [0.25, 0.3) is 10.9 Å². The molecule has 0 unspecified atom stereocenters. The van der Waals surface area contributed by atoms with Gasteiger partial charge in [0, 0.05) is 22.7 Å². The van der Waals surface area contributed by atoms with Crippen molar-refractivity contribution < 1.29 is 4.39 Å². The van der Waals surface area contributed by atoms with Crippen LogP contribution in [-0.4, -0.2) is 41.8 Å². The lowest BCUT2D eigenvalue weighted by atomic mass is 9.90. The molecule has 2 aliphatic heterocycles. The Morgan fingerprint density at radius 2 is 1.86 bits per heavy atom. The van der Waals surface area contributed by atoms with Gasteiger partial charge in [-0.1, -0.05) is 24.3 Å². The van der Waals surface area contributed by atoms with Crippen LogP contribution in [0.2, 0.25) is 0 Å². The maximum Gasteiger partial charge on any atom is 0.123 e. The molecule has 0 atom stereocenters. The van der Waals surface area contributed by atoms with Crippen LogP contribution in [0.5, 0.6) is 0 Å². The summed E-state index contributed by atoms with van der Waals surface area (Å²) < 4.78 is 13.1. The fourth-order valence-corrected chi connectivity index (χ4v) is 4.77. The standard InChI is InChI=1S/C25H28FN3/c26-21-8-6-18(7-9-21)15-19-10-13-29(14-11-19)12-2-4-20-3-1-5-23-25(20)22(16-27-23)24-17-28-24/h1,3,5-9,16,19,27H,2,4,10-15,17H2. The van der Waals surface area contributed by atoms with Crippen molar-refractivity contribution >= 4 is 16.6 Å². The van der Waals surface area contributed by atoms with E-state index in [1.165, 1.54) is 72.2 Å². The van der Waals surface area contributed by atoms with Crippen LogP contribution in [0.3, 0.4) is 0 Å². The van der Waals surface area contributed by atoms with Gasteiger partial charge in [-0.05, 0) is 87.0 Å². The first kappa shape index (κ1) is 18.6. The van der Waals surface area contributed by atoms with E-state index in [9.17, 15) is 4.39 Å². The highest BCUT2D eigenvalue weighted by molar-refractivity contribution is 6.18. The molecule has 3 nitrogen and oxygen atoms in total. The number of hydrogen-bond donors (Lipinski definition) is 1. The molecule has 150 valence electrons. The molecule has 0 bridgehead atoms. The highest BCUT2D eigenvalue weighted by Gasteiger charge is 2.21. The van der Waals surface area contributed by atoms with Crippen LogP contribution in [0.1, 0.15) is 36.0 Å². The minimum Gasteiger partial charge on any atom is -0.360 e. The van der Waals surface area contributed by atoms with Crippen molar-refractivity contribution in [3.63, 3.8) is 0 Å². The summed E-state index contributed by atoms with van der Waals surface area (Å²) in [6, 6.07) is 13.6. The summed E-state index contributed by atoms with van der Waals surface area (Å²) in [6.45, 7) is 4.43. The Balaban J connectivity index is 1.12. The Kier molecular flexibility index (Phi) is 5.19. The SMILES string of the molecule is Fc1ccc(CC2CCN(CCCc3cccc4[nH]cc(C5=NC5)c34)CC2)cc1. The first-order valence-electron chi connectivity index (χ1n) is 10.9. The number of nitrogens with zero attached hydrogens (tertiary/aromatic N) is 2. The van der Waals surface area contributed by atoms with Gasteiger partial charge >= 0.3 is 0 Å². The van der Waals surface area contributed by atoms with Crippen LogP contribution in [0, 0.1) is 11.7 Å². The summed E-state index contributed by atoms with van der Waals surface area (Å²) in [6.07, 6.45) is 8.00. The minimum absolute atomic E-state index is 0.142. The number of nitrogens with one attached hydrogen (secondary N) is 1. The molecule has 5 rings (SSSR count). The lowest BCUT2D eigenvalue weighted by molar-refractivity contribution is 0.182. The zero-order valence-corrected chi connectivity index (χ0v) is 16.8. The van der Waals surface area contributed by atoms with Gasteiger partial charge in [-0.3, -0.25) is 4.99 Å². The number of likely N-dealkylation sites (tertiary alicyclic amines) is 1. The van der Waals surface area contributed by atoms with E-state index < -0.39 is 0 Å². The smallest absolute Gasteiger partial charge is 0.123 e. The van der Waals surface area contributed by atoms with E-state index in [1.54, 1.807) is 12.1 Å². The summed E-state index contributed by atoms with van der Waals surface area (Å²) in [5.41, 5.74) is 6.48. The molecule has 2 aromatic carbocycles. The first-order valence-corrected chi connectivity index (χ1v) is 10.9. The molecule has 4 heteroatoms. The Labute approximate surface area is 171 Å². The van der Waals surface area contributed by atoms with Gasteiger partial charge in [0.25, 0.3) is 0 Å². The average molecular weight is 390 g/mol. The number of rotatable bonds is 7. The van der Waals surface area contributed by atoms with Gasteiger partial charge in [0.1, 0.15) is 5.82 Å². The van der Waals surface area contributed by atoms with Gasteiger partial charge in [-0.2, -0.15) is 0 Å². The fourth-order valence-electron chi connectivity index (χ4n) is 4.77. The van der Waals surface area contributed by atoms with Crippen molar-refractivity contribution in [2.75, 3.05) is 26.2 Å². The number of aliphatic imine (C=N–C) groups is 1. The van der Waals surface area contributed by atoms with Gasteiger partial charge in [0.15, 0.2) is 0 Å². The number of piperidine rings is 1. The molecule has 1 aromatic heterocycles. The molecule has 0 spiro atoms. The predicted molar refractivity (Wildman–Crippen MR) is 117 cm³/mol. The predicted octanol–water partition coefficient (Wildman–Crippen LogP) is 5.00. The highest BCUT2D eigenvalue weighted by atomic mass is 19.1. The van der Waals surface area contributed by atoms with Crippen molar-refractivity contribution in [1.29, 1.82) is 0 Å². The number of aromatic nitrogens is 1. The molecular weight excluding hydrogens is 361 g/mol. The van der Waals surface area contributed by atoms with Crippen LogP contribution in [-0.2, 0) is 12.8 Å². The second kappa shape index (κ2) is 8.11. The second-order valence-corrected chi connectivity index (χ2v) is 8.52. The molecule has 1 saturated heterocycles. The Morgan fingerprint density at radius 1 is 1.07 bits per heavy atom. The Hall–Kier alpha value is -2.46. The summed E-state index contributed by atoms with van der Waals surface area (Å²) >= 11 is 0. The third-order valence-electron chi connectivity index (χ3n) is 6.48. The molecule has 3 aromatic rings. The molecule has 1 N–H and O–H groups in total. The quantitative estimate of drug-likeness (QED) is 0.606.